The summed E-state index contributed by atoms with van der Waals surface area (Å²) in [5.74, 6) is -0.536. The molecule has 18 heavy (non-hydrogen) atoms. The highest BCUT2D eigenvalue weighted by Crippen LogP contribution is 2.07. The molecule has 1 aliphatic heterocycles. The highest BCUT2D eigenvalue weighted by Gasteiger charge is 2.25. The Morgan fingerprint density at radius 3 is 2.56 bits per heavy atom. The van der Waals surface area contributed by atoms with Crippen molar-refractivity contribution < 1.29 is 13.2 Å². The molecule has 0 spiro atoms. The molecular weight excluding hydrogens is 254 g/mol. The Morgan fingerprint density at radius 2 is 1.94 bits per heavy atom. The van der Waals surface area contributed by atoms with Crippen molar-refractivity contribution in [3.63, 3.8) is 0 Å². The van der Waals surface area contributed by atoms with Gasteiger partial charge in [0, 0.05) is 19.6 Å². The SMILES string of the molecule is O=C(NS(=O)(=O)c1ccccc1)C1CNCCN1. The maximum absolute atomic E-state index is 11.9. The molecule has 1 saturated heterocycles. The van der Waals surface area contributed by atoms with Crippen molar-refractivity contribution in [1.82, 2.24) is 15.4 Å². The lowest BCUT2D eigenvalue weighted by Gasteiger charge is -2.23. The number of nitrogens with one attached hydrogen (secondary N) is 3. The van der Waals surface area contributed by atoms with E-state index in [1.807, 2.05) is 0 Å². The van der Waals surface area contributed by atoms with Crippen molar-refractivity contribution in [2.75, 3.05) is 19.6 Å². The zero-order valence-electron chi connectivity index (χ0n) is 9.72. The van der Waals surface area contributed by atoms with Crippen molar-refractivity contribution in [1.29, 1.82) is 0 Å². The van der Waals surface area contributed by atoms with Crippen LogP contribution in [0.25, 0.3) is 0 Å². The number of hydrogen-bond donors (Lipinski definition) is 3. The molecule has 1 aromatic rings. The third-order valence-electron chi connectivity index (χ3n) is 2.65. The number of benzene rings is 1. The van der Waals surface area contributed by atoms with Gasteiger partial charge in [0.1, 0.15) is 6.04 Å². The molecular formula is C11H15N3O3S. The van der Waals surface area contributed by atoms with Gasteiger partial charge in [0.15, 0.2) is 0 Å². The second-order valence-corrected chi connectivity index (χ2v) is 5.68. The fraction of sp³-hybridized carbons (Fsp3) is 0.364. The zero-order valence-corrected chi connectivity index (χ0v) is 10.5. The van der Waals surface area contributed by atoms with Crippen LogP contribution in [-0.4, -0.2) is 40.0 Å². The van der Waals surface area contributed by atoms with E-state index in [2.05, 4.69) is 15.4 Å². The Hall–Kier alpha value is -1.44. The standard InChI is InChI=1S/C11H15N3O3S/c15-11(10-8-12-6-7-13-10)14-18(16,17)9-4-2-1-3-5-9/h1-5,10,12-13H,6-8H2,(H,14,15). The first-order chi connectivity index (χ1) is 8.59. The first kappa shape index (κ1) is 13.0. The summed E-state index contributed by atoms with van der Waals surface area (Å²) in [6.45, 7) is 1.84. The van der Waals surface area contributed by atoms with Crippen molar-refractivity contribution >= 4 is 15.9 Å². The van der Waals surface area contributed by atoms with Crippen molar-refractivity contribution in [3.05, 3.63) is 30.3 Å². The van der Waals surface area contributed by atoms with Crippen LogP contribution in [0.4, 0.5) is 0 Å². The van der Waals surface area contributed by atoms with E-state index in [0.29, 0.717) is 13.1 Å². The lowest BCUT2D eigenvalue weighted by Crippen LogP contribution is -2.56. The van der Waals surface area contributed by atoms with Gasteiger partial charge in [-0.3, -0.25) is 4.79 Å². The van der Waals surface area contributed by atoms with Crippen LogP contribution in [0.5, 0.6) is 0 Å². The lowest BCUT2D eigenvalue weighted by atomic mass is 10.2. The molecule has 2 rings (SSSR count). The van der Waals surface area contributed by atoms with Crippen LogP contribution in [0.15, 0.2) is 35.2 Å². The highest BCUT2D eigenvalue weighted by molar-refractivity contribution is 7.90. The first-order valence-electron chi connectivity index (χ1n) is 5.65. The van der Waals surface area contributed by atoms with Crippen LogP contribution in [0.3, 0.4) is 0 Å². The summed E-state index contributed by atoms with van der Waals surface area (Å²) in [6.07, 6.45) is 0. The monoisotopic (exact) mass is 269 g/mol. The minimum Gasteiger partial charge on any atom is -0.313 e. The van der Waals surface area contributed by atoms with Crippen LogP contribution in [0, 0.1) is 0 Å². The number of carbonyl (C=O) groups excluding carboxylic acids is 1. The van der Waals surface area contributed by atoms with Gasteiger partial charge in [-0.1, -0.05) is 18.2 Å². The van der Waals surface area contributed by atoms with E-state index in [-0.39, 0.29) is 4.90 Å². The summed E-state index contributed by atoms with van der Waals surface area (Å²) in [7, 11) is -3.78. The van der Waals surface area contributed by atoms with Gasteiger partial charge in [0.05, 0.1) is 4.90 Å². The summed E-state index contributed by atoms with van der Waals surface area (Å²) in [6, 6.07) is 7.31. The molecule has 0 bridgehead atoms. The number of sulfonamides is 1. The van der Waals surface area contributed by atoms with Gasteiger partial charge in [-0.2, -0.15) is 0 Å². The number of amides is 1. The van der Waals surface area contributed by atoms with E-state index in [4.69, 9.17) is 0 Å². The fourth-order valence-electron chi connectivity index (χ4n) is 1.70. The van der Waals surface area contributed by atoms with E-state index in [0.717, 1.165) is 6.54 Å². The molecule has 1 fully saturated rings. The zero-order chi connectivity index (χ0) is 13.0. The van der Waals surface area contributed by atoms with Crippen molar-refractivity contribution in [3.8, 4) is 0 Å². The Kier molecular flexibility index (Phi) is 3.95. The molecule has 6 nitrogen and oxygen atoms in total. The Bertz CT molecular complexity index is 510. The van der Waals surface area contributed by atoms with Crippen LogP contribution in [-0.2, 0) is 14.8 Å². The van der Waals surface area contributed by atoms with Gasteiger partial charge in [-0.15, -0.1) is 0 Å². The Morgan fingerprint density at radius 1 is 1.22 bits per heavy atom. The smallest absolute Gasteiger partial charge is 0.264 e. The normalized spacial score (nSPS) is 20.3. The lowest BCUT2D eigenvalue weighted by molar-refractivity contribution is -0.121. The van der Waals surface area contributed by atoms with Gasteiger partial charge in [0.2, 0.25) is 0 Å². The summed E-state index contributed by atoms with van der Waals surface area (Å²) in [5.41, 5.74) is 0. The minimum absolute atomic E-state index is 0.0853. The van der Waals surface area contributed by atoms with Gasteiger partial charge >= 0.3 is 0 Å². The molecule has 0 saturated carbocycles. The quantitative estimate of drug-likeness (QED) is 0.659. The van der Waals surface area contributed by atoms with Gasteiger partial charge in [0.25, 0.3) is 15.9 Å². The Labute approximate surface area is 106 Å². The van der Waals surface area contributed by atoms with Crippen molar-refractivity contribution in [2.45, 2.75) is 10.9 Å². The molecule has 1 aliphatic rings. The predicted octanol–water partition coefficient (Wildman–Crippen LogP) is -0.947. The molecule has 7 heteroatoms. The molecule has 3 N–H and O–H groups in total. The molecule has 0 aromatic heterocycles. The van der Waals surface area contributed by atoms with E-state index in [1.165, 1.54) is 12.1 Å². The fourth-order valence-corrected chi connectivity index (χ4v) is 2.74. The number of carbonyl (C=O) groups is 1. The Balaban J connectivity index is 2.06. The minimum atomic E-state index is -3.78. The summed E-state index contributed by atoms with van der Waals surface area (Å²) < 4.78 is 25.9. The summed E-state index contributed by atoms with van der Waals surface area (Å²) in [4.78, 5) is 11.9. The van der Waals surface area contributed by atoms with Crippen LogP contribution < -0.4 is 15.4 Å². The maximum atomic E-state index is 11.9. The van der Waals surface area contributed by atoms with Crippen molar-refractivity contribution in [2.24, 2.45) is 0 Å². The van der Waals surface area contributed by atoms with Crippen LogP contribution >= 0.6 is 0 Å². The topological polar surface area (TPSA) is 87.3 Å². The first-order valence-corrected chi connectivity index (χ1v) is 7.14. The molecule has 1 unspecified atom stereocenters. The van der Waals surface area contributed by atoms with Gasteiger partial charge in [-0.05, 0) is 12.1 Å². The average Bonchev–Trinajstić information content (AvgIpc) is 2.40. The van der Waals surface area contributed by atoms with Crippen LogP contribution in [0.1, 0.15) is 0 Å². The molecule has 1 amide bonds. The van der Waals surface area contributed by atoms with E-state index >= 15 is 0 Å². The van der Waals surface area contributed by atoms with Gasteiger partial charge < -0.3 is 10.6 Å². The third kappa shape index (κ3) is 3.06. The number of hydrogen-bond acceptors (Lipinski definition) is 5. The number of piperazine rings is 1. The molecule has 98 valence electrons. The predicted molar refractivity (Wildman–Crippen MR) is 66.4 cm³/mol. The van der Waals surface area contributed by atoms with Gasteiger partial charge in [-0.25, -0.2) is 13.1 Å². The second kappa shape index (κ2) is 5.47. The molecule has 1 heterocycles. The molecule has 1 atom stereocenters. The molecule has 1 aromatic carbocycles. The van der Waals surface area contributed by atoms with E-state index in [9.17, 15) is 13.2 Å². The number of rotatable bonds is 3. The van der Waals surface area contributed by atoms with E-state index < -0.39 is 22.0 Å². The van der Waals surface area contributed by atoms with Crippen LogP contribution in [0.2, 0.25) is 0 Å². The maximum Gasteiger partial charge on any atom is 0.264 e. The second-order valence-electron chi connectivity index (χ2n) is 3.99. The summed E-state index contributed by atoms with van der Waals surface area (Å²) >= 11 is 0. The largest absolute Gasteiger partial charge is 0.313 e. The van der Waals surface area contributed by atoms with E-state index in [1.54, 1.807) is 18.2 Å². The average molecular weight is 269 g/mol. The third-order valence-corrected chi connectivity index (χ3v) is 4.01. The summed E-state index contributed by atoms with van der Waals surface area (Å²) in [5, 5.41) is 5.98. The molecule has 0 radical (unpaired) electrons. The molecule has 0 aliphatic carbocycles. The highest BCUT2D eigenvalue weighted by atomic mass is 32.2.